The minimum atomic E-state index is -0.512. The quantitative estimate of drug-likeness (QED) is 0.757. The molecule has 0 saturated carbocycles. The maximum atomic E-state index is 11.7. The molecule has 1 aromatic rings. The van der Waals surface area contributed by atoms with Gasteiger partial charge in [-0.2, -0.15) is 0 Å². The summed E-state index contributed by atoms with van der Waals surface area (Å²) in [6, 6.07) is 7.13. The number of benzene rings is 1. The van der Waals surface area contributed by atoms with Gasteiger partial charge in [0, 0.05) is 18.7 Å². The normalized spacial score (nSPS) is 11.8. The predicted molar refractivity (Wildman–Crippen MR) is 74.8 cm³/mol. The van der Waals surface area contributed by atoms with E-state index in [9.17, 15) is 9.90 Å². The second-order valence-corrected chi connectivity index (χ2v) is 4.42. The summed E-state index contributed by atoms with van der Waals surface area (Å²) >= 11 is 0. The lowest BCUT2D eigenvalue weighted by atomic mass is 10.1. The molecule has 4 N–H and O–H groups in total. The lowest BCUT2D eigenvalue weighted by Crippen LogP contribution is -2.34. The molecule has 0 aliphatic heterocycles. The molecule has 0 radical (unpaired) electrons. The van der Waals surface area contributed by atoms with E-state index in [1.54, 1.807) is 12.1 Å². The van der Waals surface area contributed by atoms with E-state index in [2.05, 4.69) is 5.32 Å². The first-order valence-electron chi connectivity index (χ1n) is 5.80. The van der Waals surface area contributed by atoms with Crippen LogP contribution < -0.4 is 11.1 Å². The van der Waals surface area contributed by atoms with Crippen molar-refractivity contribution < 1.29 is 9.90 Å². The highest BCUT2D eigenvalue weighted by Crippen LogP contribution is 2.04. The molecule has 1 rings (SSSR count). The summed E-state index contributed by atoms with van der Waals surface area (Å²) in [5.74, 6) is -0.0387. The number of nitrogens with one attached hydrogen (secondary N) is 1. The van der Waals surface area contributed by atoms with Gasteiger partial charge in [0.25, 0.3) is 5.91 Å². The molecule has 102 valence electrons. The fourth-order valence-corrected chi connectivity index (χ4v) is 1.33. The van der Waals surface area contributed by atoms with Crippen molar-refractivity contribution in [1.82, 2.24) is 5.32 Å². The van der Waals surface area contributed by atoms with Crippen LogP contribution in [-0.2, 0) is 6.54 Å². The number of carbonyl (C=O) groups is 1. The first kappa shape index (κ1) is 16.9. The number of hydrogen-bond donors (Lipinski definition) is 3. The highest BCUT2D eigenvalue weighted by molar-refractivity contribution is 5.94. The van der Waals surface area contributed by atoms with Crippen LogP contribution in [0.1, 0.15) is 29.8 Å². The maximum Gasteiger partial charge on any atom is 0.251 e. The minimum absolute atomic E-state index is 0. The number of nitrogens with two attached hydrogens (primary N) is 1. The summed E-state index contributed by atoms with van der Waals surface area (Å²) < 4.78 is 0. The summed E-state index contributed by atoms with van der Waals surface area (Å²) in [7, 11) is 0. The van der Waals surface area contributed by atoms with Crippen molar-refractivity contribution in [3.05, 3.63) is 35.4 Å². The van der Waals surface area contributed by atoms with Crippen LogP contribution >= 0.6 is 12.4 Å². The summed E-state index contributed by atoms with van der Waals surface area (Å²) in [5.41, 5.74) is 7.05. The molecular formula is C13H21ClN2O2. The van der Waals surface area contributed by atoms with Crippen LogP contribution in [0.3, 0.4) is 0 Å². The summed E-state index contributed by atoms with van der Waals surface area (Å²) in [5, 5.41) is 12.3. The highest BCUT2D eigenvalue weighted by Gasteiger charge is 2.11. The van der Waals surface area contributed by atoms with Gasteiger partial charge in [-0.1, -0.05) is 26.0 Å². The molecule has 0 saturated heterocycles. The van der Waals surface area contributed by atoms with Gasteiger partial charge in [0.05, 0.1) is 6.10 Å². The third kappa shape index (κ3) is 5.04. The van der Waals surface area contributed by atoms with Gasteiger partial charge in [-0.05, 0) is 23.6 Å². The van der Waals surface area contributed by atoms with Crippen molar-refractivity contribution in [1.29, 1.82) is 0 Å². The Kier molecular flexibility index (Phi) is 7.59. The van der Waals surface area contributed by atoms with Crippen molar-refractivity contribution in [2.75, 3.05) is 6.54 Å². The molecule has 1 unspecified atom stereocenters. The molecule has 0 aromatic heterocycles. The van der Waals surface area contributed by atoms with Crippen molar-refractivity contribution in [3.63, 3.8) is 0 Å². The van der Waals surface area contributed by atoms with Crippen LogP contribution in [0.2, 0.25) is 0 Å². The minimum Gasteiger partial charge on any atom is -0.391 e. The number of aliphatic hydroxyl groups excluding tert-OH is 1. The molecule has 1 atom stereocenters. The van der Waals surface area contributed by atoms with E-state index in [-0.39, 0.29) is 30.8 Å². The number of amides is 1. The van der Waals surface area contributed by atoms with Crippen LogP contribution in [0.5, 0.6) is 0 Å². The van der Waals surface area contributed by atoms with Gasteiger partial charge in [0.1, 0.15) is 0 Å². The third-order valence-corrected chi connectivity index (χ3v) is 2.69. The Hall–Kier alpha value is -1.10. The lowest BCUT2D eigenvalue weighted by molar-refractivity contribution is 0.0871. The van der Waals surface area contributed by atoms with Crippen LogP contribution in [0, 0.1) is 5.92 Å². The Labute approximate surface area is 114 Å². The van der Waals surface area contributed by atoms with Crippen molar-refractivity contribution in [2.45, 2.75) is 26.5 Å². The molecule has 0 aliphatic rings. The topological polar surface area (TPSA) is 75.3 Å². The maximum absolute atomic E-state index is 11.7. The zero-order valence-corrected chi connectivity index (χ0v) is 11.5. The van der Waals surface area contributed by atoms with Crippen LogP contribution in [0.4, 0.5) is 0 Å². The molecule has 0 aliphatic carbocycles. The van der Waals surface area contributed by atoms with E-state index in [0.717, 1.165) is 5.56 Å². The average Bonchev–Trinajstić information content (AvgIpc) is 2.35. The third-order valence-electron chi connectivity index (χ3n) is 2.69. The fourth-order valence-electron chi connectivity index (χ4n) is 1.33. The van der Waals surface area contributed by atoms with E-state index in [1.807, 2.05) is 26.0 Å². The number of rotatable bonds is 5. The fraction of sp³-hybridized carbons (Fsp3) is 0.462. The molecule has 1 aromatic carbocycles. The first-order valence-corrected chi connectivity index (χ1v) is 5.80. The zero-order chi connectivity index (χ0) is 12.8. The second-order valence-electron chi connectivity index (χ2n) is 4.42. The Morgan fingerprint density at radius 1 is 1.33 bits per heavy atom. The van der Waals surface area contributed by atoms with Gasteiger partial charge in [-0.25, -0.2) is 0 Å². The predicted octanol–water partition coefficient (Wildman–Crippen LogP) is 1.31. The molecule has 0 fully saturated rings. The zero-order valence-electron chi connectivity index (χ0n) is 10.7. The largest absolute Gasteiger partial charge is 0.391 e. The Morgan fingerprint density at radius 2 is 1.89 bits per heavy atom. The lowest BCUT2D eigenvalue weighted by Gasteiger charge is -2.15. The molecular weight excluding hydrogens is 252 g/mol. The van der Waals surface area contributed by atoms with Gasteiger partial charge in [0.2, 0.25) is 0 Å². The van der Waals surface area contributed by atoms with Gasteiger partial charge < -0.3 is 16.2 Å². The smallest absolute Gasteiger partial charge is 0.251 e. The summed E-state index contributed by atoms with van der Waals surface area (Å²) in [6.45, 7) is 4.56. The standard InChI is InChI=1S/C13H20N2O2.ClH/c1-9(2)12(16)8-15-13(17)11-5-3-10(7-14)4-6-11;/h3-6,9,12,16H,7-8,14H2,1-2H3,(H,15,17);1H. The highest BCUT2D eigenvalue weighted by atomic mass is 35.5. The molecule has 5 heteroatoms. The van der Waals surface area contributed by atoms with Crippen LogP contribution in [-0.4, -0.2) is 23.7 Å². The molecule has 4 nitrogen and oxygen atoms in total. The number of halogens is 1. The van der Waals surface area contributed by atoms with Crippen molar-refractivity contribution in [2.24, 2.45) is 11.7 Å². The summed E-state index contributed by atoms with van der Waals surface area (Å²) in [4.78, 5) is 11.7. The van der Waals surface area contributed by atoms with E-state index in [1.165, 1.54) is 0 Å². The molecule has 0 spiro atoms. The molecule has 18 heavy (non-hydrogen) atoms. The Bertz CT molecular complexity index is 366. The van der Waals surface area contributed by atoms with Crippen LogP contribution in [0.25, 0.3) is 0 Å². The van der Waals surface area contributed by atoms with E-state index in [0.29, 0.717) is 12.1 Å². The van der Waals surface area contributed by atoms with Gasteiger partial charge in [0.15, 0.2) is 0 Å². The van der Waals surface area contributed by atoms with Gasteiger partial charge in [-0.15, -0.1) is 12.4 Å². The number of carbonyl (C=O) groups excluding carboxylic acids is 1. The Balaban J connectivity index is 0.00000289. The second kappa shape index (κ2) is 8.08. The van der Waals surface area contributed by atoms with Crippen LogP contribution in [0.15, 0.2) is 24.3 Å². The number of aliphatic hydroxyl groups is 1. The van der Waals surface area contributed by atoms with Crippen molar-refractivity contribution in [3.8, 4) is 0 Å². The molecule has 1 amide bonds. The molecule has 0 heterocycles. The average molecular weight is 273 g/mol. The van der Waals surface area contributed by atoms with Crippen molar-refractivity contribution >= 4 is 18.3 Å². The summed E-state index contributed by atoms with van der Waals surface area (Å²) in [6.07, 6.45) is -0.512. The van der Waals surface area contributed by atoms with E-state index < -0.39 is 6.10 Å². The molecule has 0 bridgehead atoms. The number of hydrogen-bond acceptors (Lipinski definition) is 3. The van der Waals surface area contributed by atoms with E-state index >= 15 is 0 Å². The Morgan fingerprint density at radius 3 is 2.33 bits per heavy atom. The van der Waals surface area contributed by atoms with Gasteiger partial charge in [-0.3, -0.25) is 4.79 Å². The van der Waals surface area contributed by atoms with E-state index in [4.69, 9.17) is 5.73 Å². The van der Waals surface area contributed by atoms with Gasteiger partial charge >= 0.3 is 0 Å². The monoisotopic (exact) mass is 272 g/mol. The first-order chi connectivity index (χ1) is 8.04. The SMILES string of the molecule is CC(C)C(O)CNC(=O)c1ccc(CN)cc1.Cl.